The minimum atomic E-state index is 0.604. The zero-order valence-electron chi connectivity index (χ0n) is 12.1. The first-order valence-corrected chi connectivity index (χ1v) is 7.76. The monoisotopic (exact) mass is 311 g/mol. The highest BCUT2D eigenvalue weighted by Gasteiger charge is 2.03. The van der Waals surface area contributed by atoms with E-state index in [-0.39, 0.29) is 0 Å². The van der Waals surface area contributed by atoms with Gasteiger partial charge in [0, 0.05) is 17.1 Å². The molecule has 0 bridgehead atoms. The first-order valence-electron chi connectivity index (χ1n) is 6.97. The third kappa shape index (κ3) is 6.01. The highest BCUT2D eigenvalue weighted by molar-refractivity contribution is 9.10. The minimum absolute atomic E-state index is 0.604. The van der Waals surface area contributed by atoms with Crippen molar-refractivity contribution in [2.75, 3.05) is 0 Å². The first kappa shape index (κ1) is 15.7. The number of aryl methyl sites for hydroxylation is 1. The Balaban J connectivity index is 2.29. The lowest BCUT2D eigenvalue weighted by Crippen LogP contribution is -2.25. The lowest BCUT2D eigenvalue weighted by molar-refractivity contribution is 0.457. The fourth-order valence-corrected chi connectivity index (χ4v) is 2.29. The summed E-state index contributed by atoms with van der Waals surface area (Å²) in [6, 6.07) is 7.17. The van der Waals surface area contributed by atoms with Crippen LogP contribution in [0.25, 0.3) is 0 Å². The van der Waals surface area contributed by atoms with Crippen molar-refractivity contribution in [3.05, 3.63) is 33.8 Å². The summed E-state index contributed by atoms with van der Waals surface area (Å²) in [6.45, 7) is 9.98. The van der Waals surface area contributed by atoms with Gasteiger partial charge in [-0.2, -0.15) is 0 Å². The van der Waals surface area contributed by atoms with Crippen molar-refractivity contribution in [2.24, 2.45) is 5.92 Å². The Kier molecular flexibility index (Phi) is 6.95. The predicted octanol–water partition coefficient (Wildman–Crippen LogP) is 5.06. The van der Waals surface area contributed by atoms with Crippen molar-refractivity contribution < 1.29 is 0 Å². The highest BCUT2D eigenvalue weighted by atomic mass is 79.9. The summed E-state index contributed by atoms with van der Waals surface area (Å²) in [6.07, 6.45) is 3.93. The van der Waals surface area contributed by atoms with Gasteiger partial charge in [0.2, 0.25) is 0 Å². The summed E-state index contributed by atoms with van der Waals surface area (Å²) in [4.78, 5) is 0. The number of hydrogen-bond acceptors (Lipinski definition) is 1. The van der Waals surface area contributed by atoms with Gasteiger partial charge >= 0.3 is 0 Å². The third-order valence-electron chi connectivity index (χ3n) is 3.30. The number of nitrogens with one attached hydrogen (secondary N) is 1. The topological polar surface area (TPSA) is 12.0 Å². The van der Waals surface area contributed by atoms with Crippen LogP contribution in [0, 0.1) is 12.8 Å². The van der Waals surface area contributed by atoms with Crippen LogP contribution in [0.4, 0.5) is 0 Å². The average molecular weight is 312 g/mol. The van der Waals surface area contributed by atoms with Crippen molar-refractivity contribution in [2.45, 2.75) is 59.5 Å². The van der Waals surface area contributed by atoms with Crippen molar-refractivity contribution >= 4 is 15.9 Å². The molecule has 0 amide bonds. The van der Waals surface area contributed by atoms with E-state index in [1.165, 1.54) is 34.9 Å². The zero-order chi connectivity index (χ0) is 13.5. The molecule has 0 fully saturated rings. The molecule has 2 heteroatoms. The molecule has 102 valence electrons. The van der Waals surface area contributed by atoms with Gasteiger partial charge in [-0.1, -0.05) is 54.8 Å². The molecular formula is C16H26BrN. The summed E-state index contributed by atoms with van der Waals surface area (Å²) in [5, 5.41) is 3.60. The Morgan fingerprint density at radius 2 is 1.89 bits per heavy atom. The van der Waals surface area contributed by atoms with E-state index in [1.54, 1.807) is 0 Å². The van der Waals surface area contributed by atoms with Gasteiger partial charge in [-0.15, -0.1) is 0 Å². The summed E-state index contributed by atoms with van der Waals surface area (Å²) < 4.78 is 1.19. The average Bonchev–Trinajstić information content (AvgIpc) is 2.30. The van der Waals surface area contributed by atoms with Crippen LogP contribution in [0.3, 0.4) is 0 Å². The van der Waals surface area contributed by atoms with E-state index < -0.39 is 0 Å². The van der Waals surface area contributed by atoms with E-state index in [4.69, 9.17) is 0 Å². The van der Waals surface area contributed by atoms with Crippen LogP contribution in [-0.4, -0.2) is 6.04 Å². The van der Waals surface area contributed by atoms with Crippen LogP contribution in [0.1, 0.15) is 51.2 Å². The van der Waals surface area contributed by atoms with Crippen LogP contribution in [0.2, 0.25) is 0 Å². The zero-order valence-corrected chi connectivity index (χ0v) is 13.7. The van der Waals surface area contributed by atoms with Crippen LogP contribution in [-0.2, 0) is 6.54 Å². The molecule has 1 N–H and O–H groups in total. The predicted molar refractivity (Wildman–Crippen MR) is 83.9 cm³/mol. The number of benzene rings is 1. The Morgan fingerprint density at radius 3 is 2.50 bits per heavy atom. The molecule has 1 rings (SSSR count). The second-order valence-corrected chi connectivity index (χ2v) is 6.54. The molecule has 0 aliphatic heterocycles. The maximum Gasteiger partial charge on any atom is 0.0208 e. The number of hydrogen-bond donors (Lipinski definition) is 1. The minimum Gasteiger partial charge on any atom is -0.310 e. The van der Waals surface area contributed by atoms with Gasteiger partial charge in [-0.3, -0.25) is 0 Å². The van der Waals surface area contributed by atoms with E-state index in [9.17, 15) is 0 Å². The molecule has 0 heterocycles. The fraction of sp³-hybridized carbons (Fsp3) is 0.625. The van der Waals surface area contributed by atoms with E-state index in [1.807, 2.05) is 0 Å². The van der Waals surface area contributed by atoms with Crippen LogP contribution < -0.4 is 5.32 Å². The van der Waals surface area contributed by atoms with Gasteiger partial charge in [0.25, 0.3) is 0 Å². The summed E-state index contributed by atoms with van der Waals surface area (Å²) in [7, 11) is 0. The molecule has 0 aliphatic carbocycles. The highest BCUT2D eigenvalue weighted by Crippen LogP contribution is 2.17. The lowest BCUT2D eigenvalue weighted by Gasteiger charge is -2.15. The van der Waals surface area contributed by atoms with Gasteiger partial charge in [-0.25, -0.2) is 0 Å². The molecule has 1 nitrogen and oxygen atoms in total. The Labute approximate surface area is 120 Å². The van der Waals surface area contributed by atoms with E-state index in [0.29, 0.717) is 6.04 Å². The second-order valence-electron chi connectivity index (χ2n) is 5.69. The second kappa shape index (κ2) is 7.96. The van der Waals surface area contributed by atoms with Crippen LogP contribution in [0.15, 0.2) is 22.7 Å². The Bertz CT molecular complexity index is 360. The molecule has 0 aromatic heterocycles. The van der Waals surface area contributed by atoms with Crippen molar-refractivity contribution in [1.82, 2.24) is 5.32 Å². The largest absolute Gasteiger partial charge is 0.310 e. The quantitative estimate of drug-likeness (QED) is 0.742. The number of halogens is 1. The first-order chi connectivity index (χ1) is 8.49. The van der Waals surface area contributed by atoms with Crippen LogP contribution >= 0.6 is 15.9 Å². The SMILES string of the molecule is Cc1cc(CNC(C)CCCC(C)C)ccc1Br. The van der Waals surface area contributed by atoms with Crippen molar-refractivity contribution in [3.63, 3.8) is 0 Å². The van der Waals surface area contributed by atoms with E-state index in [2.05, 4.69) is 67.1 Å². The smallest absolute Gasteiger partial charge is 0.0208 e. The molecule has 0 spiro atoms. The van der Waals surface area contributed by atoms with E-state index in [0.717, 1.165) is 12.5 Å². The summed E-state index contributed by atoms with van der Waals surface area (Å²) in [5.74, 6) is 0.825. The Hall–Kier alpha value is -0.340. The molecule has 18 heavy (non-hydrogen) atoms. The normalized spacial score (nSPS) is 13.0. The molecule has 1 atom stereocenters. The third-order valence-corrected chi connectivity index (χ3v) is 4.19. The molecular weight excluding hydrogens is 286 g/mol. The maximum absolute atomic E-state index is 3.60. The summed E-state index contributed by atoms with van der Waals surface area (Å²) >= 11 is 3.54. The van der Waals surface area contributed by atoms with Crippen LogP contribution in [0.5, 0.6) is 0 Å². The van der Waals surface area contributed by atoms with Gasteiger partial charge in [0.15, 0.2) is 0 Å². The molecule has 1 aromatic rings. The Morgan fingerprint density at radius 1 is 1.17 bits per heavy atom. The summed E-state index contributed by atoms with van der Waals surface area (Å²) in [5.41, 5.74) is 2.67. The lowest BCUT2D eigenvalue weighted by atomic mass is 10.0. The maximum atomic E-state index is 3.60. The van der Waals surface area contributed by atoms with E-state index >= 15 is 0 Å². The number of rotatable bonds is 7. The van der Waals surface area contributed by atoms with Gasteiger partial charge < -0.3 is 5.32 Å². The van der Waals surface area contributed by atoms with Gasteiger partial charge in [0.05, 0.1) is 0 Å². The van der Waals surface area contributed by atoms with Gasteiger partial charge in [-0.05, 0) is 43.4 Å². The molecule has 0 saturated heterocycles. The fourth-order valence-electron chi connectivity index (χ4n) is 2.04. The van der Waals surface area contributed by atoms with Crippen molar-refractivity contribution in [3.8, 4) is 0 Å². The molecule has 0 aliphatic rings. The van der Waals surface area contributed by atoms with Crippen molar-refractivity contribution in [1.29, 1.82) is 0 Å². The molecule has 0 saturated carbocycles. The molecule has 1 unspecified atom stereocenters. The molecule has 1 aromatic carbocycles. The standard InChI is InChI=1S/C16H26BrN/c1-12(2)6-5-7-14(4)18-11-15-8-9-16(17)13(3)10-15/h8-10,12,14,18H,5-7,11H2,1-4H3. The molecule has 0 radical (unpaired) electrons. The van der Waals surface area contributed by atoms with Gasteiger partial charge in [0.1, 0.15) is 0 Å².